The van der Waals surface area contributed by atoms with Crippen LogP contribution in [-0.4, -0.2) is 19.4 Å². The van der Waals surface area contributed by atoms with Crippen LogP contribution >= 0.6 is 0 Å². The molecule has 2 aromatic carbocycles. The number of rotatable bonds is 4. The molecular weight excluding hydrogens is 252 g/mol. The quantitative estimate of drug-likeness (QED) is 0.484. The van der Waals surface area contributed by atoms with E-state index in [-0.39, 0.29) is 5.97 Å². The first-order valence-corrected chi connectivity index (χ1v) is 6.14. The molecule has 0 aliphatic carbocycles. The van der Waals surface area contributed by atoms with Crippen molar-refractivity contribution in [2.45, 2.75) is 0 Å². The first-order valence-electron chi connectivity index (χ1n) is 6.14. The fourth-order valence-electron chi connectivity index (χ4n) is 1.77. The number of benzene rings is 2. The lowest BCUT2D eigenvalue weighted by Gasteiger charge is -2.02. The summed E-state index contributed by atoms with van der Waals surface area (Å²) in [4.78, 5) is 21.6. The summed E-state index contributed by atoms with van der Waals surface area (Å²) in [5, 5.41) is 0. The van der Waals surface area contributed by atoms with Gasteiger partial charge in [-0.3, -0.25) is 4.79 Å². The standard InChI is InChI=1S/C17H14O3/c1-20-17(19)11-6-13-2-7-15(8-3-13)16-9-4-14(12-18)5-10-16/h2-12H,1H3/b11-6+. The highest BCUT2D eigenvalue weighted by Gasteiger charge is 1.98. The van der Waals surface area contributed by atoms with Gasteiger partial charge in [0.15, 0.2) is 0 Å². The molecule has 0 aromatic heterocycles. The molecular formula is C17H14O3. The van der Waals surface area contributed by atoms with E-state index in [0.29, 0.717) is 5.56 Å². The van der Waals surface area contributed by atoms with Crippen molar-refractivity contribution in [3.8, 4) is 11.1 Å². The summed E-state index contributed by atoms with van der Waals surface area (Å²) in [5.74, 6) is -0.376. The topological polar surface area (TPSA) is 43.4 Å². The zero-order chi connectivity index (χ0) is 14.4. The zero-order valence-corrected chi connectivity index (χ0v) is 11.1. The lowest BCUT2D eigenvalue weighted by Crippen LogP contribution is -1.93. The molecule has 3 nitrogen and oxygen atoms in total. The third-order valence-electron chi connectivity index (χ3n) is 2.90. The maximum atomic E-state index is 11.0. The van der Waals surface area contributed by atoms with E-state index in [2.05, 4.69) is 4.74 Å². The van der Waals surface area contributed by atoms with Crippen LogP contribution in [0.4, 0.5) is 0 Å². The van der Waals surface area contributed by atoms with Crippen LogP contribution in [0.2, 0.25) is 0 Å². The van der Waals surface area contributed by atoms with Gasteiger partial charge in [-0.25, -0.2) is 4.79 Å². The van der Waals surface area contributed by atoms with E-state index < -0.39 is 0 Å². The molecule has 0 N–H and O–H groups in total. The largest absolute Gasteiger partial charge is 0.466 e. The number of ether oxygens (including phenoxy) is 1. The number of esters is 1. The molecule has 0 heterocycles. The summed E-state index contributed by atoms with van der Waals surface area (Å²) < 4.78 is 4.53. The lowest BCUT2D eigenvalue weighted by molar-refractivity contribution is -0.134. The van der Waals surface area contributed by atoms with E-state index in [1.54, 1.807) is 18.2 Å². The monoisotopic (exact) mass is 266 g/mol. The summed E-state index contributed by atoms with van der Waals surface area (Å²) >= 11 is 0. The average molecular weight is 266 g/mol. The maximum Gasteiger partial charge on any atom is 0.330 e. The number of methoxy groups -OCH3 is 1. The van der Waals surface area contributed by atoms with Gasteiger partial charge in [0.2, 0.25) is 0 Å². The average Bonchev–Trinajstić information content (AvgIpc) is 2.53. The van der Waals surface area contributed by atoms with E-state index in [1.807, 2.05) is 36.4 Å². The van der Waals surface area contributed by atoms with E-state index in [1.165, 1.54) is 13.2 Å². The first kappa shape index (κ1) is 13.7. The van der Waals surface area contributed by atoms with E-state index in [9.17, 15) is 9.59 Å². The van der Waals surface area contributed by atoms with Gasteiger partial charge in [0.05, 0.1) is 7.11 Å². The minimum Gasteiger partial charge on any atom is -0.466 e. The predicted molar refractivity (Wildman–Crippen MR) is 78.3 cm³/mol. The minimum atomic E-state index is -0.376. The van der Waals surface area contributed by atoms with Gasteiger partial charge in [0.25, 0.3) is 0 Å². The number of hydrogen-bond acceptors (Lipinski definition) is 3. The highest BCUT2D eigenvalue weighted by atomic mass is 16.5. The normalized spacial score (nSPS) is 10.4. The first-order chi connectivity index (χ1) is 9.72. The Hall–Kier alpha value is -2.68. The Morgan fingerprint density at radius 3 is 1.85 bits per heavy atom. The van der Waals surface area contributed by atoms with Gasteiger partial charge in [-0.2, -0.15) is 0 Å². The van der Waals surface area contributed by atoms with Gasteiger partial charge in [0, 0.05) is 11.6 Å². The molecule has 0 fully saturated rings. The van der Waals surface area contributed by atoms with Crippen LogP contribution in [0, 0.1) is 0 Å². The Kier molecular flexibility index (Phi) is 4.45. The molecule has 0 unspecified atom stereocenters. The highest BCUT2D eigenvalue weighted by molar-refractivity contribution is 5.87. The van der Waals surface area contributed by atoms with Crippen molar-refractivity contribution in [3.63, 3.8) is 0 Å². The van der Waals surface area contributed by atoms with Crippen LogP contribution in [0.25, 0.3) is 17.2 Å². The van der Waals surface area contributed by atoms with Crippen LogP contribution in [0.15, 0.2) is 54.6 Å². The Labute approximate surface area is 117 Å². The van der Waals surface area contributed by atoms with Gasteiger partial charge >= 0.3 is 5.97 Å². The minimum absolute atomic E-state index is 0.376. The molecule has 3 heteroatoms. The van der Waals surface area contributed by atoms with Gasteiger partial charge in [0.1, 0.15) is 6.29 Å². The van der Waals surface area contributed by atoms with Crippen molar-refractivity contribution in [1.82, 2.24) is 0 Å². The Morgan fingerprint density at radius 2 is 1.40 bits per heavy atom. The van der Waals surface area contributed by atoms with Crippen molar-refractivity contribution < 1.29 is 14.3 Å². The summed E-state index contributed by atoms with van der Waals surface area (Å²) in [6, 6.07) is 15.2. The number of carbonyl (C=O) groups is 2. The van der Waals surface area contributed by atoms with Crippen molar-refractivity contribution in [3.05, 3.63) is 65.7 Å². The zero-order valence-electron chi connectivity index (χ0n) is 11.1. The molecule has 0 saturated carbocycles. The second-order valence-corrected chi connectivity index (χ2v) is 4.22. The molecule has 2 rings (SSSR count). The summed E-state index contributed by atoms with van der Waals surface area (Å²) in [6.45, 7) is 0. The van der Waals surface area contributed by atoms with E-state index >= 15 is 0 Å². The van der Waals surface area contributed by atoms with E-state index in [0.717, 1.165) is 23.0 Å². The molecule has 0 amide bonds. The van der Waals surface area contributed by atoms with Crippen LogP contribution in [0.3, 0.4) is 0 Å². The summed E-state index contributed by atoms with van der Waals surface area (Å²) in [6.07, 6.45) is 3.91. The molecule has 0 saturated heterocycles. The fourth-order valence-corrected chi connectivity index (χ4v) is 1.77. The maximum absolute atomic E-state index is 11.0. The Balaban J connectivity index is 2.16. The molecule has 0 aliphatic heterocycles. The molecule has 100 valence electrons. The molecule has 0 atom stereocenters. The molecule has 0 aliphatic rings. The lowest BCUT2D eigenvalue weighted by atomic mass is 10.0. The number of hydrogen-bond donors (Lipinski definition) is 0. The predicted octanol–water partition coefficient (Wildman–Crippen LogP) is 3.35. The molecule has 0 bridgehead atoms. The van der Waals surface area contributed by atoms with Crippen molar-refractivity contribution >= 4 is 18.3 Å². The molecule has 0 spiro atoms. The van der Waals surface area contributed by atoms with Crippen molar-refractivity contribution in [1.29, 1.82) is 0 Å². The van der Waals surface area contributed by atoms with Gasteiger partial charge in [-0.1, -0.05) is 48.5 Å². The SMILES string of the molecule is COC(=O)/C=C/c1ccc(-c2ccc(C=O)cc2)cc1. The van der Waals surface area contributed by atoms with Gasteiger partial charge in [-0.15, -0.1) is 0 Å². The number of aldehydes is 1. The molecule has 20 heavy (non-hydrogen) atoms. The van der Waals surface area contributed by atoms with Crippen molar-refractivity contribution in [2.24, 2.45) is 0 Å². The Morgan fingerprint density at radius 1 is 0.900 bits per heavy atom. The van der Waals surface area contributed by atoms with Crippen LogP contribution in [-0.2, 0) is 9.53 Å². The highest BCUT2D eigenvalue weighted by Crippen LogP contribution is 2.20. The van der Waals surface area contributed by atoms with Crippen LogP contribution in [0.5, 0.6) is 0 Å². The van der Waals surface area contributed by atoms with Gasteiger partial charge < -0.3 is 4.74 Å². The Bertz CT molecular complexity index is 622. The number of carbonyl (C=O) groups excluding carboxylic acids is 2. The van der Waals surface area contributed by atoms with Crippen LogP contribution in [0.1, 0.15) is 15.9 Å². The molecule has 2 aromatic rings. The van der Waals surface area contributed by atoms with E-state index in [4.69, 9.17) is 0 Å². The summed E-state index contributed by atoms with van der Waals surface area (Å²) in [5.41, 5.74) is 3.67. The fraction of sp³-hybridized carbons (Fsp3) is 0.0588. The second kappa shape index (κ2) is 6.48. The van der Waals surface area contributed by atoms with Crippen LogP contribution < -0.4 is 0 Å². The third kappa shape index (κ3) is 3.42. The smallest absolute Gasteiger partial charge is 0.330 e. The molecule has 0 radical (unpaired) electrons. The van der Waals surface area contributed by atoms with Gasteiger partial charge in [-0.05, 0) is 22.8 Å². The third-order valence-corrected chi connectivity index (χ3v) is 2.90. The summed E-state index contributed by atoms with van der Waals surface area (Å²) in [7, 11) is 1.35. The second-order valence-electron chi connectivity index (χ2n) is 4.22. The van der Waals surface area contributed by atoms with Crippen molar-refractivity contribution in [2.75, 3.05) is 7.11 Å².